The molecule has 0 fully saturated rings. The van der Waals surface area contributed by atoms with Crippen LogP contribution < -0.4 is 10.5 Å². The van der Waals surface area contributed by atoms with Gasteiger partial charge in [-0.25, -0.2) is 18.1 Å². The average molecular weight is 298 g/mol. The molecule has 0 saturated heterocycles. The Morgan fingerprint density at radius 2 is 2.30 bits per heavy atom. The lowest BCUT2D eigenvalue weighted by Gasteiger charge is -2.14. The van der Waals surface area contributed by atoms with Crippen molar-refractivity contribution in [3.63, 3.8) is 0 Å². The first-order valence-corrected chi connectivity index (χ1v) is 7.70. The molecule has 0 aliphatic heterocycles. The largest absolute Gasteiger partial charge is 0.469 e. The zero-order valence-electron chi connectivity index (χ0n) is 11.4. The maximum absolute atomic E-state index is 12.2. The monoisotopic (exact) mass is 298 g/mol. The molecule has 2 aromatic rings. The number of imidazole rings is 1. The van der Waals surface area contributed by atoms with Gasteiger partial charge in [-0.1, -0.05) is 0 Å². The molecule has 0 radical (unpaired) electrons. The fraction of sp³-hybridized carbons (Fsp3) is 0.417. The summed E-state index contributed by atoms with van der Waals surface area (Å²) in [5.74, 6) is 0.828. The number of aryl methyl sites for hydroxylation is 2. The highest BCUT2D eigenvalue weighted by atomic mass is 32.2. The average Bonchev–Trinajstić information content (AvgIpc) is 2.96. The van der Waals surface area contributed by atoms with Crippen LogP contribution in [-0.4, -0.2) is 24.0 Å². The molecule has 20 heavy (non-hydrogen) atoms. The van der Waals surface area contributed by atoms with Crippen LogP contribution in [0.5, 0.6) is 0 Å². The first-order chi connectivity index (χ1) is 9.40. The molecule has 2 heterocycles. The van der Waals surface area contributed by atoms with E-state index in [1.807, 2.05) is 6.07 Å². The number of nitrogen functional groups attached to an aromatic ring is 1. The van der Waals surface area contributed by atoms with Gasteiger partial charge in [-0.3, -0.25) is 0 Å². The molecule has 0 aliphatic carbocycles. The number of furan rings is 1. The smallest absolute Gasteiger partial charge is 0.260 e. The zero-order valence-corrected chi connectivity index (χ0v) is 12.2. The van der Waals surface area contributed by atoms with Crippen LogP contribution in [-0.2, 0) is 23.5 Å². The van der Waals surface area contributed by atoms with E-state index in [4.69, 9.17) is 10.2 Å². The van der Waals surface area contributed by atoms with Gasteiger partial charge in [0.15, 0.2) is 10.8 Å². The van der Waals surface area contributed by atoms with Gasteiger partial charge in [-0.15, -0.1) is 0 Å². The summed E-state index contributed by atoms with van der Waals surface area (Å²) in [6.45, 7) is 1.80. The van der Waals surface area contributed by atoms with Crippen LogP contribution in [0.25, 0.3) is 0 Å². The van der Waals surface area contributed by atoms with Gasteiger partial charge < -0.3 is 14.7 Å². The third-order valence-corrected chi connectivity index (χ3v) is 4.64. The van der Waals surface area contributed by atoms with Gasteiger partial charge in [-0.2, -0.15) is 0 Å². The Bertz CT molecular complexity index is 641. The standard InChI is InChI=1S/C12H18N4O3S/c1-9(5-6-10-4-3-7-19-10)15-20(17,18)12-11(13)14-8-16(12)2/h3-4,7-9,15H,5-6,13H2,1-2H3. The minimum atomic E-state index is -3.67. The van der Waals surface area contributed by atoms with Gasteiger partial charge in [0.1, 0.15) is 5.76 Å². The molecule has 0 saturated carbocycles. The van der Waals surface area contributed by atoms with E-state index in [1.54, 1.807) is 26.3 Å². The Labute approximate surface area is 117 Å². The van der Waals surface area contributed by atoms with E-state index < -0.39 is 10.0 Å². The summed E-state index contributed by atoms with van der Waals surface area (Å²) < 4.78 is 33.7. The summed E-state index contributed by atoms with van der Waals surface area (Å²) >= 11 is 0. The number of hydrogen-bond donors (Lipinski definition) is 2. The molecule has 8 heteroatoms. The number of nitrogens with one attached hydrogen (secondary N) is 1. The second-order valence-electron chi connectivity index (χ2n) is 4.69. The molecule has 1 unspecified atom stereocenters. The van der Waals surface area contributed by atoms with E-state index in [1.165, 1.54) is 10.9 Å². The predicted octanol–water partition coefficient (Wildman–Crippen LogP) is 0.895. The van der Waals surface area contributed by atoms with Crippen molar-refractivity contribution < 1.29 is 12.8 Å². The van der Waals surface area contributed by atoms with Crippen LogP contribution in [0, 0.1) is 0 Å². The Balaban J connectivity index is 2.01. The minimum absolute atomic E-state index is 0.00163. The maximum atomic E-state index is 12.2. The first-order valence-electron chi connectivity index (χ1n) is 6.21. The maximum Gasteiger partial charge on any atom is 0.260 e. The van der Waals surface area contributed by atoms with Gasteiger partial charge in [0.25, 0.3) is 10.0 Å². The number of sulfonamides is 1. The highest BCUT2D eigenvalue weighted by Gasteiger charge is 2.24. The molecular formula is C12H18N4O3S. The number of nitrogens with two attached hydrogens (primary N) is 1. The second-order valence-corrected chi connectivity index (χ2v) is 6.32. The van der Waals surface area contributed by atoms with Gasteiger partial charge in [0.05, 0.1) is 12.6 Å². The van der Waals surface area contributed by atoms with Crippen molar-refractivity contribution in [1.29, 1.82) is 0 Å². The number of anilines is 1. The van der Waals surface area contributed by atoms with E-state index in [0.717, 1.165) is 5.76 Å². The van der Waals surface area contributed by atoms with Crippen LogP contribution in [0.3, 0.4) is 0 Å². The summed E-state index contributed by atoms with van der Waals surface area (Å²) in [6, 6.07) is 3.43. The molecule has 2 aromatic heterocycles. The fourth-order valence-corrected chi connectivity index (χ4v) is 3.47. The van der Waals surface area contributed by atoms with E-state index >= 15 is 0 Å². The zero-order chi connectivity index (χ0) is 14.8. The van der Waals surface area contributed by atoms with Crippen molar-refractivity contribution in [3.05, 3.63) is 30.5 Å². The molecule has 7 nitrogen and oxygen atoms in total. The molecule has 3 N–H and O–H groups in total. The van der Waals surface area contributed by atoms with Crippen LogP contribution in [0.4, 0.5) is 5.82 Å². The van der Waals surface area contributed by atoms with Crippen molar-refractivity contribution in [2.45, 2.75) is 30.8 Å². The van der Waals surface area contributed by atoms with Crippen molar-refractivity contribution in [1.82, 2.24) is 14.3 Å². The van der Waals surface area contributed by atoms with Crippen molar-refractivity contribution in [2.75, 3.05) is 5.73 Å². The summed E-state index contributed by atoms with van der Waals surface area (Å²) in [7, 11) is -2.08. The van der Waals surface area contributed by atoms with E-state index in [-0.39, 0.29) is 16.9 Å². The minimum Gasteiger partial charge on any atom is -0.469 e. The molecule has 110 valence electrons. The van der Waals surface area contributed by atoms with Gasteiger partial charge in [0, 0.05) is 19.5 Å². The SMILES string of the molecule is CC(CCc1ccco1)NS(=O)(=O)c1c(N)ncn1C. The number of nitrogens with zero attached hydrogens (tertiary/aromatic N) is 2. The van der Waals surface area contributed by atoms with Gasteiger partial charge >= 0.3 is 0 Å². The lowest BCUT2D eigenvalue weighted by molar-refractivity contribution is 0.479. The third-order valence-electron chi connectivity index (χ3n) is 2.92. The van der Waals surface area contributed by atoms with Gasteiger partial charge in [0.2, 0.25) is 0 Å². The molecule has 1 atom stereocenters. The van der Waals surface area contributed by atoms with Crippen molar-refractivity contribution in [3.8, 4) is 0 Å². The molecular weight excluding hydrogens is 280 g/mol. The van der Waals surface area contributed by atoms with E-state index in [2.05, 4.69) is 9.71 Å². The Hall–Kier alpha value is -1.80. The van der Waals surface area contributed by atoms with Crippen LogP contribution >= 0.6 is 0 Å². The molecule has 0 bridgehead atoms. The lowest BCUT2D eigenvalue weighted by Crippen LogP contribution is -2.34. The highest BCUT2D eigenvalue weighted by molar-refractivity contribution is 7.89. The molecule has 0 aromatic carbocycles. The molecule has 2 rings (SSSR count). The highest BCUT2D eigenvalue weighted by Crippen LogP contribution is 2.16. The van der Waals surface area contributed by atoms with E-state index in [0.29, 0.717) is 12.8 Å². The topological polar surface area (TPSA) is 103 Å². The summed E-state index contributed by atoms with van der Waals surface area (Å²) in [4.78, 5) is 3.78. The number of hydrogen-bond acceptors (Lipinski definition) is 5. The summed E-state index contributed by atoms with van der Waals surface area (Å²) in [5.41, 5.74) is 5.59. The predicted molar refractivity (Wildman–Crippen MR) is 74.4 cm³/mol. The lowest BCUT2D eigenvalue weighted by atomic mass is 10.2. The number of aromatic nitrogens is 2. The Kier molecular flexibility index (Phi) is 4.15. The third kappa shape index (κ3) is 3.20. The van der Waals surface area contributed by atoms with Crippen LogP contribution in [0.1, 0.15) is 19.1 Å². The fourth-order valence-electron chi connectivity index (χ4n) is 1.96. The Morgan fingerprint density at radius 1 is 1.55 bits per heavy atom. The second kappa shape index (κ2) is 5.68. The Morgan fingerprint density at radius 3 is 2.85 bits per heavy atom. The molecule has 0 aliphatic rings. The quantitative estimate of drug-likeness (QED) is 0.824. The van der Waals surface area contributed by atoms with Crippen LogP contribution in [0.2, 0.25) is 0 Å². The van der Waals surface area contributed by atoms with Gasteiger partial charge in [-0.05, 0) is 25.5 Å². The van der Waals surface area contributed by atoms with Crippen molar-refractivity contribution in [2.24, 2.45) is 7.05 Å². The van der Waals surface area contributed by atoms with E-state index in [9.17, 15) is 8.42 Å². The normalized spacial score (nSPS) is 13.5. The molecule has 0 spiro atoms. The summed E-state index contributed by atoms with van der Waals surface area (Å²) in [6.07, 6.45) is 4.26. The number of rotatable bonds is 6. The molecule has 0 amide bonds. The van der Waals surface area contributed by atoms with Crippen LogP contribution in [0.15, 0.2) is 34.2 Å². The van der Waals surface area contributed by atoms with Crippen molar-refractivity contribution >= 4 is 15.8 Å². The summed E-state index contributed by atoms with van der Waals surface area (Å²) in [5, 5.41) is -0.0117. The first kappa shape index (κ1) is 14.6.